The molecule has 0 spiro atoms. The van der Waals surface area contributed by atoms with Gasteiger partial charge in [-0.3, -0.25) is 0 Å². The number of halogens is 2. The minimum Gasteiger partial charge on any atom is -0.326 e. The number of benzene rings is 1. The fourth-order valence-corrected chi connectivity index (χ4v) is 1.25. The molecule has 2 N–H and O–H groups in total. The second-order valence-corrected chi connectivity index (χ2v) is 3.54. The Labute approximate surface area is 91.6 Å². The molecule has 0 radical (unpaired) electrons. The molecule has 0 unspecified atom stereocenters. The van der Waals surface area contributed by atoms with E-state index in [1.807, 2.05) is 0 Å². The molecule has 0 saturated carbocycles. The van der Waals surface area contributed by atoms with Crippen LogP contribution in [0.3, 0.4) is 0 Å². The molecule has 1 aromatic rings. The van der Waals surface area contributed by atoms with Crippen molar-refractivity contribution in [3.8, 4) is 11.8 Å². The highest BCUT2D eigenvalue weighted by atomic mass is 79.9. The van der Waals surface area contributed by atoms with Crippen LogP contribution in [0.1, 0.15) is 17.5 Å². The zero-order chi connectivity index (χ0) is 10.4. The van der Waals surface area contributed by atoms with Crippen LogP contribution in [0.2, 0.25) is 0 Å². The number of alkyl halides is 1. The topological polar surface area (TPSA) is 26.0 Å². The summed E-state index contributed by atoms with van der Waals surface area (Å²) in [6, 6.07) is 4.49. The molecule has 1 nitrogen and oxygen atoms in total. The van der Waals surface area contributed by atoms with Gasteiger partial charge >= 0.3 is 0 Å². The van der Waals surface area contributed by atoms with Gasteiger partial charge < -0.3 is 5.73 Å². The Morgan fingerprint density at radius 1 is 1.43 bits per heavy atom. The first-order chi connectivity index (χ1) is 6.77. The molecular weight excluding hydrogens is 245 g/mol. The molecule has 1 rings (SSSR count). The molecule has 0 aliphatic rings. The molecule has 0 saturated heterocycles. The summed E-state index contributed by atoms with van der Waals surface area (Å²) in [4.78, 5) is 0. The highest BCUT2D eigenvalue weighted by Gasteiger charge is 1.99. The SMILES string of the molecule is NCc1ccc(F)cc1C#CCCBr. The van der Waals surface area contributed by atoms with Crippen molar-refractivity contribution in [3.63, 3.8) is 0 Å². The van der Waals surface area contributed by atoms with Crippen LogP contribution in [-0.4, -0.2) is 5.33 Å². The van der Waals surface area contributed by atoms with Crippen molar-refractivity contribution in [1.29, 1.82) is 0 Å². The average molecular weight is 256 g/mol. The van der Waals surface area contributed by atoms with Gasteiger partial charge in [0.1, 0.15) is 5.82 Å². The molecule has 0 bridgehead atoms. The van der Waals surface area contributed by atoms with Gasteiger partial charge in [-0.2, -0.15) is 0 Å². The van der Waals surface area contributed by atoms with Crippen LogP contribution in [0.5, 0.6) is 0 Å². The van der Waals surface area contributed by atoms with Crippen LogP contribution >= 0.6 is 15.9 Å². The Bertz CT molecular complexity index is 365. The summed E-state index contributed by atoms with van der Waals surface area (Å²) in [5.41, 5.74) is 7.08. The van der Waals surface area contributed by atoms with Gasteiger partial charge in [0, 0.05) is 23.9 Å². The Morgan fingerprint density at radius 3 is 2.86 bits per heavy atom. The third-order valence-electron chi connectivity index (χ3n) is 1.73. The van der Waals surface area contributed by atoms with Gasteiger partial charge in [0.15, 0.2) is 0 Å². The second-order valence-electron chi connectivity index (χ2n) is 2.75. The number of nitrogens with two attached hydrogens (primary N) is 1. The van der Waals surface area contributed by atoms with Crippen molar-refractivity contribution in [3.05, 3.63) is 35.1 Å². The zero-order valence-corrected chi connectivity index (χ0v) is 9.27. The van der Waals surface area contributed by atoms with Crippen molar-refractivity contribution in [1.82, 2.24) is 0 Å². The molecule has 0 aliphatic carbocycles. The second kappa shape index (κ2) is 5.79. The first-order valence-electron chi connectivity index (χ1n) is 4.31. The van der Waals surface area contributed by atoms with Gasteiger partial charge in [-0.25, -0.2) is 4.39 Å². The molecule has 74 valence electrons. The third kappa shape index (κ3) is 3.13. The summed E-state index contributed by atoms with van der Waals surface area (Å²) in [6.45, 7) is 0.388. The third-order valence-corrected chi connectivity index (χ3v) is 2.13. The van der Waals surface area contributed by atoms with Gasteiger partial charge in [0.05, 0.1) is 0 Å². The summed E-state index contributed by atoms with van der Waals surface area (Å²) in [6.07, 6.45) is 0.751. The Hall–Kier alpha value is -0.850. The first kappa shape index (κ1) is 11.2. The van der Waals surface area contributed by atoms with Gasteiger partial charge in [0.2, 0.25) is 0 Å². The molecule has 0 amide bonds. The Morgan fingerprint density at radius 2 is 2.21 bits per heavy atom. The van der Waals surface area contributed by atoms with E-state index in [2.05, 4.69) is 27.8 Å². The zero-order valence-electron chi connectivity index (χ0n) is 7.69. The number of rotatable bonds is 2. The van der Waals surface area contributed by atoms with E-state index in [0.717, 1.165) is 17.3 Å². The maximum absolute atomic E-state index is 12.9. The molecule has 0 fully saturated rings. The van der Waals surface area contributed by atoms with Gasteiger partial charge in [-0.05, 0) is 17.7 Å². The highest BCUT2D eigenvalue weighted by Crippen LogP contribution is 2.09. The predicted octanol–water partition coefficient (Wildman–Crippen LogP) is 2.42. The van der Waals surface area contributed by atoms with Crippen molar-refractivity contribution in [2.45, 2.75) is 13.0 Å². The van der Waals surface area contributed by atoms with Gasteiger partial charge in [0.25, 0.3) is 0 Å². The quantitative estimate of drug-likeness (QED) is 0.638. The molecule has 3 heteroatoms. The van der Waals surface area contributed by atoms with E-state index >= 15 is 0 Å². The summed E-state index contributed by atoms with van der Waals surface area (Å²) in [5.74, 6) is 5.57. The van der Waals surface area contributed by atoms with Crippen molar-refractivity contribution < 1.29 is 4.39 Å². The standard InChI is InChI=1S/C11H11BrFN/c12-6-2-1-3-9-7-11(13)5-4-10(9)8-14/h4-5,7H,2,6,8,14H2. The molecular formula is C11H11BrFN. The van der Waals surface area contributed by atoms with E-state index in [1.165, 1.54) is 12.1 Å². The van der Waals surface area contributed by atoms with E-state index < -0.39 is 0 Å². The first-order valence-corrected chi connectivity index (χ1v) is 5.43. The van der Waals surface area contributed by atoms with Crippen LogP contribution in [0.4, 0.5) is 4.39 Å². The lowest BCUT2D eigenvalue weighted by atomic mass is 10.1. The highest BCUT2D eigenvalue weighted by molar-refractivity contribution is 9.09. The monoisotopic (exact) mass is 255 g/mol. The summed E-state index contributed by atoms with van der Waals surface area (Å²) >= 11 is 3.27. The normalized spacial score (nSPS) is 9.36. The van der Waals surface area contributed by atoms with E-state index in [1.54, 1.807) is 6.07 Å². The van der Waals surface area contributed by atoms with E-state index in [4.69, 9.17) is 5.73 Å². The van der Waals surface area contributed by atoms with Crippen molar-refractivity contribution >= 4 is 15.9 Å². The largest absolute Gasteiger partial charge is 0.326 e. The molecule has 0 heterocycles. The minimum atomic E-state index is -0.273. The maximum Gasteiger partial charge on any atom is 0.124 e. The van der Waals surface area contributed by atoms with Crippen LogP contribution in [-0.2, 0) is 6.54 Å². The van der Waals surface area contributed by atoms with E-state index in [0.29, 0.717) is 12.1 Å². The van der Waals surface area contributed by atoms with Crippen molar-refractivity contribution in [2.24, 2.45) is 5.73 Å². The molecule has 0 atom stereocenters. The number of hydrogen-bond acceptors (Lipinski definition) is 1. The smallest absolute Gasteiger partial charge is 0.124 e. The van der Waals surface area contributed by atoms with E-state index in [-0.39, 0.29) is 5.82 Å². The molecule has 1 aromatic carbocycles. The minimum absolute atomic E-state index is 0.273. The molecule has 0 aromatic heterocycles. The van der Waals surface area contributed by atoms with E-state index in [9.17, 15) is 4.39 Å². The van der Waals surface area contributed by atoms with Crippen LogP contribution < -0.4 is 5.73 Å². The lowest BCUT2D eigenvalue weighted by Gasteiger charge is -2.00. The summed E-state index contributed by atoms with van der Waals surface area (Å²) in [7, 11) is 0. The Kier molecular flexibility index (Phi) is 4.64. The number of hydrogen-bond donors (Lipinski definition) is 1. The fraction of sp³-hybridized carbons (Fsp3) is 0.273. The fourth-order valence-electron chi connectivity index (χ4n) is 1.05. The van der Waals surface area contributed by atoms with Gasteiger partial charge in [-0.1, -0.05) is 33.8 Å². The summed E-state index contributed by atoms with van der Waals surface area (Å²) in [5, 5.41) is 0.827. The van der Waals surface area contributed by atoms with Crippen LogP contribution in [0.25, 0.3) is 0 Å². The molecule has 0 aliphatic heterocycles. The molecule has 14 heavy (non-hydrogen) atoms. The average Bonchev–Trinajstić information content (AvgIpc) is 2.19. The lowest BCUT2D eigenvalue weighted by molar-refractivity contribution is 0.626. The van der Waals surface area contributed by atoms with Crippen LogP contribution in [0.15, 0.2) is 18.2 Å². The maximum atomic E-state index is 12.9. The summed E-state index contributed by atoms with van der Waals surface area (Å²) < 4.78 is 12.9. The Balaban J connectivity index is 2.94. The predicted molar refractivity (Wildman–Crippen MR) is 59.6 cm³/mol. The van der Waals surface area contributed by atoms with Crippen molar-refractivity contribution in [2.75, 3.05) is 5.33 Å². The van der Waals surface area contributed by atoms with Crippen LogP contribution in [0, 0.1) is 17.7 Å². The lowest BCUT2D eigenvalue weighted by Crippen LogP contribution is -1.99. The van der Waals surface area contributed by atoms with Gasteiger partial charge in [-0.15, -0.1) is 0 Å².